The van der Waals surface area contributed by atoms with E-state index in [0.717, 1.165) is 0 Å². The van der Waals surface area contributed by atoms with E-state index in [9.17, 15) is 31.5 Å². The summed E-state index contributed by atoms with van der Waals surface area (Å²) in [4.78, 5) is 22.7. The molecule has 0 aliphatic rings. The first kappa shape index (κ1) is 19.2. The molecule has 2 rings (SSSR count). The number of nitrogens with one attached hydrogen (secondary N) is 3. The maximum absolute atomic E-state index is 13.5. The van der Waals surface area contributed by atoms with Gasteiger partial charge in [-0.1, -0.05) is 12.1 Å². The monoisotopic (exact) mass is 373 g/mol. The van der Waals surface area contributed by atoms with E-state index in [1.54, 1.807) is 5.43 Å². The number of rotatable bonds is 5. The van der Waals surface area contributed by atoms with Crippen LogP contribution in [0.1, 0.15) is 12.5 Å². The van der Waals surface area contributed by atoms with Crippen molar-refractivity contribution in [3.63, 3.8) is 0 Å². The molecule has 0 aliphatic carbocycles. The van der Waals surface area contributed by atoms with Crippen LogP contribution in [0.2, 0.25) is 0 Å². The largest absolute Gasteiger partial charge is 0.326 e. The highest BCUT2D eigenvalue weighted by Crippen LogP contribution is 2.26. The molecule has 0 heterocycles. The van der Waals surface area contributed by atoms with Crippen molar-refractivity contribution in [3.8, 4) is 0 Å². The van der Waals surface area contributed by atoms with Crippen molar-refractivity contribution in [2.75, 3.05) is 10.7 Å². The number of benzene rings is 2. The summed E-state index contributed by atoms with van der Waals surface area (Å²) >= 11 is 0. The van der Waals surface area contributed by atoms with E-state index in [4.69, 9.17) is 0 Å². The summed E-state index contributed by atoms with van der Waals surface area (Å²) in [6.45, 7) is 1.33. The van der Waals surface area contributed by atoms with Gasteiger partial charge in [0.05, 0.1) is 6.42 Å². The molecule has 0 aliphatic heterocycles. The minimum Gasteiger partial charge on any atom is -0.326 e. The van der Waals surface area contributed by atoms with Crippen LogP contribution in [-0.2, 0) is 16.0 Å². The van der Waals surface area contributed by atoms with Crippen molar-refractivity contribution in [2.45, 2.75) is 13.3 Å². The van der Waals surface area contributed by atoms with Gasteiger partial charge >= 0.3 is 0 Å². The molecular formula is C16H12F5N3O2. The normalized spacial score (nSPS) is 10.4. The first-order chi connectivity index (χ1) is 12.2. The molecule has 5 nitrogen and oxygen atoms in total. The first-order valence-electron chi connectivity index (χ1n) is 7.13. The van der Waals surface area contributed by atoms with Crippen LogP contribution in [0.3, 0.4) is 0 Å². The van der Waals surface area contributed by atoms with Crippen LogP contribution in [0.15, 0.2) is 24.3 Å². The molecule has 26 heavy (non-hydrogen) atoms. The molecule has 0 aromatic heterocycles. The van der Waals surface area contributed by atoms with E-state index in [0.29, 0.717) is 11.3 Å². The van der Waals surface area contributed by atoms with Crippen LogP contribution in [-0.4, -0.2) is 11.8 Å². The molecule has 2 aromatic carbocycles. The number of carbonyl (C=O) groups excluding carboxylic acids is 2. The van der Waals surface area contributed by atoms with Crippen molar-refractivity contribution >= 4 is 23.2 Å². The average Bonchev–Trinajstić information content (AvgIpc) is 2.59. The van der Waals surface area contributed by atoms with Gasteiger partial charge in [-0.25, -0.2) is 22.0 Å². The number of halogens is 5. The van der Waals surface area contributed by atoms with E-state index in [1.165, 1.54) is 31.2 Å². The Kier molecular flexibility index (Phi) is 5.75. The Morgan fingerprint density at radius 3 is 1.85 bits per heavy atom. The number of amides is 2. The van der Waals surface area contributed by atoms with Crippen LogP contribution < -0.4 is 16.2 Å². The summed E-state index contributed by atoms with van der Waals surface area (Å²) in [5.41, 5.74) is 3.17. The Hall–Kier alpha value is -3.17. The highest BCUT2D eigenvalue weighted by atomic mass is 19.2. The van der Waals surface area contributed by atoms with Crippen LogP contribution in [0, 0.1) is 29.1 Å². The Bertz CT molecular complexity index is 827. The Labute approximate surface area is 144 Å². The molecule has 10 heteroatoms. The van der Waals surface area contributed by atoms with Gasteiger partial charge < -0.3 is 5.32 Å². The molecular weight excluding hydrogens is 361 g/mol. The van der Waals surface area contributed by atoms with Crippen LogP contribution in [0.25, 0.3) is 0 Å². The third-order valence-electron chi connectivity index (χ3n) is 3.18. The minimum absolute atomic E-state index is 0.247. The fourth-order valence-corrected chi connectivity index (χ4v) is 1.99. The number of hydrogen-bond donors (Lipinski definition) is 3. The van der Waals surface area contributed by atoms with E-state index in [-0.39, 0.29) is 12.3 Å². The summed E-state index contributed by atoms with van der Waals surface area (Å²) in [6, 6.07) is 6.09. The number of hydrazine groups is 1. The van der Waals surface area contributed by atoms with Gasteiger partial charge in [-0.2, -0.15) is 0 Å². The zero-order chi connectivity index (χ0) is 19.4. The molecule has 138 valence electrons. The molecule has 0 spiro atoms. The molecule has 0 unspecified atom stereocenters. The lowest BCUT2D eigenvalue weighted by atomic mass is 10.1. The van der Waals surface area contributed by atoms with E-state index < -0.39 is 40.7 Å². The Balaban J connectivity index is 2.02. The molecule has 3 N–H and O–H groups in total. The van der Waals surface area contributed by atoms with E-state index >= 15 is 0 Å². The fraction of sp³-hybridized carbons (Fsp3) is 0.125. The van der Waals surface area contributed by atoms with Gasteiger partial charge in [0.15, 0.2) is 23.3 Å². The van der Waals surface area contributed by atoms with Gasteiger partial charge in [0.25, 0.3) is 0 Å². The summed E-state index contributed by atoms with van der Waals surface area (Å²) in [5.74, 6) is -11.8. The van der Waals surface area contributed by atoms with Gasteiger partial charge in [-0.05, 0) is 17.7 Å². The van der Waals surface area contributed by atoms with Crippen molar-refractivity contribution in [1.29, 1.82) is 0 Å². The summed E-state index contributed by atoms with van der Waals surface area (Å²) in [6.07, 6.45) is -0.247. The topological polar surface area (TPSA) is 70.2 Å². The Morgan fingerprint density at radius 2 is 1.35 bits per heavy atom. The summed E-state index contributed by atoms with van der Waals surface area (Å²) < 4.78 is 66.0. The smallest absolute Gasteiger partial charge is 0.242 e. The third kappa shape index (κ3) is 4.26. The predicted octanol–water partition coefficient (Wildman–Crippen LogP) is 3.03. The zero-order valence-corrected chi connectivity index (χ0v) is 13.2. The highest BCUT2D eigenvalue weighted by Gasteiger charge is 2.26. The summed E-state index contributed by atoms with van der Waals surface area (Å²) in [5, 5.41) is 2.52. The number of anilines is 2. The van der Waals surface area contributed by atoms with E-state index in [2.05, 4.69) is 5.32 Å². The van der Waals surface area contributed by atoms with Crippen molar-refractivity contribution in [2.24, 2.45) is 0 Å². The number of hydrogen-bond acceptors (Lipinski definition) is 3. The third-order valence-corrected chi connectivity index (χ3v) is 3.18. The van der Waals surface area contributed by atoms with E-state index in [1.807, 2.05) is 5.43 Å². The van der Waals surface area contributed by atoms with Crippen LogP contribution in [0.4, 0.5) is 33.3 Å². The Morgan fingerprint density at radius 1 is 0.846 bits per heavy atom. The van der Waals surface area contributed by atoms with Crippen LogP contribution in [0.5, 0.6) is 0 Å². The molecule has 2 amide bonds. The second-order valence-electron chi connectivity index (χ2n) is 5.17. The van der Waals surface area contributed by atoms with Crippen molar-refractivity contribution in [3.05, 3.63) is 58.9 Å². The molecule has 0 fully saturated rings. The van der Waals surface area contributed by atoms with Gasteiger partial charge in [0, 0.05) is 12.6 Å². The van der Waals surface area contributed by atoms with Gasteiger partial charge in [0.1, 0.15) is 5.69 Å². The molecule has 2 aromatic rings. The second-order valence-corrected chi connectivity index (χ2v) is 5.17. The molecule has 0 radical (unpaired) electrons. The predicted molar refractivity (Wildman–Crippen MR) is 82.4 cm³/mol. The molecule has 0 saturated carbocycles. The average molecular weight is 373 g/mol. The quantitative estimate of drug-likeness (QED) is 0.327. The van der Waals surface area contributed by atoms with Crippen molar-refractivity contribution < 1.29 is 31.5 Å². The standard InChI is InChI=1S/C16H12F5N3O2/c1-7(25)22-9-4-2-8(3-5-9)6-10(26)23-24-16-14(20)12(18)11(17)13(19)15(16)21/h2-5,24H,6H2,1H3,(H,22,25)(H,23,26). The number of carbonyl (C=O) groups is 2. The van der Waals surface area contributed by atoms with Gasteiger partial charge in [0.2, 0.25) is 17.6 Å². The summed E-state index contributed by atoms with van der Waals surface area (Å²) in [7, 11) is 0. The van der Waals surface area contributed by atoms with Crippen molar-refractivity contribution in [1.82, 2.24) is 5.43 Å². The molecule has 0 atom stereocenters. The minimum atomic E-state index is -2.30. The second kappa shape index (κ2) is 7.81. The maximum Gasteiger partial charge on any atom is 0.242 e. The lowest BCUT2D eigenvalue weighted by Crippen LogP contribution is -2.32. The van der Waals surface area contributed by atoms with Gasteiger partial charge in [-0.15, -0.1) is 0 Å². The highest BCUT2D eigenvalue weighted by molar-refractivity contribution is 5.88. The zero-order valence-electron chi connectivity index (χ0n) is 13.2. The maximum atomic E-state index is 13.5. The lowest BCUT2D eigenvalue weighted by molar-refractivity contribution is -0.120. The molecule has 0 saturated heterocycles. The lowest BCUT2D eigenvalue weighted by Gasteiger charge is -2.12. The molecule has 0 bridgehead atoms. The SMILES string of the molecule is CC(=O)Nc1ccc(CC(=O)NNc2c(F)c(F)c(F)c(F)c2F)cc1. The van der Waals surface area contributed by atoms with Gasteiger partial charge in [-0.3, -0.25) is 20.4 Å². The fourth-order valence-electron chi connectivity index (χ4n) is 1.99. The first-order valence-corrected chi connectivity index (χ1v) is 7.13. The van der Waals surface area contributed by atoms with Crippen LogP contribution >= 0.6 is 0 Å².